The minimum Gasteiger partial charge on any atom is -0.348 e. The fourth-order valence-electron chi connectivity index (χ4n) is 3.87. The molecule has 1 heterocycles. The summed E-state index contributed by atoms with van der Waals surface area (Å²) in [7, 11) is 4.01. The number of likely N-dealkylation sites (tertiary alicyclic amines) is 1. The number of carbonyl (C=O) groups is 2. The molecule has 1 saturated heterocycles. The largest absolute Gasteiger partial charge is 0.348 e. The van der Waals surface area contributed by atoms with Gasteiger partial charge in [-0.15, -0.1) is 0 Å². The molecule has 2 amide bonds. The van der Waals surface area contributed by atoms with Gasteiger partial charge in [0.1, 0.15) is 0 Å². The third-order valence-electron chi connectivity index (χ3n) is 5.41. The molecule has 0 radical (unpaired) electrons. The van der Waals surface area contributed by atoms with Crippen molar-refractivity contribution >= 4 is 11.8 Å². The van der Waals surface area contributed by atoms with Crippen molar-refractivity contribution in [1.29, 1.82) is 0 Å². The molecule has 1 aliphatic heterocycles. The Hall–Kier alpha value is -2.66. The van der Waals surface area contributed by atoms with Gasteiger partial charge in [0.25, 0.3) is 0 Å². The number of benzene rings is 2. The van der Waals surface area contributed by atoms with Crippen LogP contribution >= 0.6 is 0 Å². The molecule has 1 aliphatic rings. The molecule has 2 unspecified atom stereocenters. The molecule has 5 heteroatoms. The Morgan fingerprint density at radius 3 is 2.38 bits per heavy atom. The predicted molar refractivity (Wildman–Crippen MR) is 115 cm³/mol. The molecule has 3 rings (SSSR count). The maximum absolute atomic E-state index is 13.0. The second kappa shape index (κ2) is 10.2. The summed E-state index contributed by atoms with van der Waals surface area (Å²) in [5.74, 6) is -0.0173. The Kier molecular flexibility index (Phi) is 7.42. The highest BCUT2D eigenvalue weighted by molar-refractivity contribution is 5.82. The number of rotatable bonds is 7. The molecule has 1 fully saturated rings. The fourth-order valence-corrected chi connectivity index (χ4v) is 3.87. The van der Waals surface area contributed by atoms with Crippen LogP contribution in [0.5, 0.6) is 0 Å². The summed E-state index contributed by atoms with van der Waals surface area (Å²) >= 11 is 0. The van der Waals surface area contributed by atoms with Crippen LogP contribution in [0.3, 0.4) is 0 Å². The average molecular weight is 394 g/mol. The van der Waals surface area contributed by atoms with E-state index in [0.717, 1.165) is 37.1 Å². The maximum atomic E-state index is 13.0. The van der Waals surface area contributed by atoms with Crippen LogP contribution in [0.2, 0.25) is 0 Å². The lowest BCUT2D eigenvalue weighted by molar-refractivity contribution is -0.135. The molecule has 154 valence electrons. The van der Waals surface area contributed by atoms with Crippen LogP contribution in [0.1, 0.15) is 30.0 Å². The van der Waals surface area contributed by atoms with E-state index in [0.29, 0.717) is 13.0 Å². The van der Waals surface area contributed by atoms with E-state index in [1.54, 1.807) is 0 Å². The van der Waals surface area contributed by atoms with E-state index >= 15 is 0 Å². The monoisotopic (exact) mass is 393 g/mol. The van der Waals surface area contributed by atoms with Gasteiger partial charge in [0.15, 0.2) is 0 Å². The molecule has 29 heavy (non-hydrogen) atoms. The highest BCUT2D eigenvalue weighted by Gasteiger charge is 2.29. The van der Waals surface area contributed by atoms with E-state index in [4.69, 9.17) is 0 Å². The van der Waals surface area contributed by atoms with Crippen molar-refractivity contribution in [2.45, 2.75) is 25.3 Å². The average Bonchev–Trinajstić information content (AvgIpc) is 2.74. The van der Waals surface area contributed by atoms with Gasteiger partial charge in [-0.2, -0.15) is 0 Å². The predicted octanol–water partition coefficient (Wildman–Crippen LogP) is 2.89. The number of piperidine rings is 1. The number of nitrogens with zero attached hydrogens (tertiary/aromatic N) is 2. The van der Waals surface area contributed by atoms with Crippen molar-refractivity contribution in [3.8, 4) is 0 Å². The van der Waals surface area contributed by atoms with Crippen molar-refractivity contribution in [2.75, 3.05) is 33.7 Å². The molecule has 1 N–H and O–H groups in total. The molecular weight excluding hydrogens is 362 g/mol. The summed E-state index contributed by atoms with van der Waals surface area (Å²) in [6.45, 7) is 1.97. The molecule has 5 nitrogen and oxygen atoms in total. The van der Waals surface area contributed by atoms with Crippen LogP contribution in [0.4, 0.5) is 0 Å². The van der Waals surface area contributed by atoms with Gasteiger partial charge in [-0.1, -0.05) is 60.7 Å². The van der Waals surface area contributed by atoms with Gasteiger partial charge in [-0.05, 0) is 38.1 Å². The first-order valence-electron chi connectivity index (χ1n) is 10.3. The number of hydrogen-bond acceptors (Lipinski definition) is 3. The van der Waals surface area contributed by atoms with Gasteiger partial charge in [0, 0.05) is 19.6 Å². The molecule has 0 spiro atoms. The maximum Gasteiger partial charge on any atom is 0.227 e. The van der Waals surface area contributed by atoms with E-state index in [1.807, 2.05) is 79.7 Å². The molecule has 0 aromatic heterocycles. The Bertz CT molecular complexity index is 792. The summed E-state index contributed by atoms with van der Waals surface area (Å²) < 4.78 is 0. The standard InChI is InChI=1S/C24H31N3O2/c1-26(2)18-22(20-12-7-4-8-13-20)25-24(29)21-14-9-15-27(17-21)23(28)16-19-10-5-3-6-11-19/h3-8,10-13,21-22H,9,14-18H2,1-2H3,(H,25,29). The summed E-state index contributed by atoms with van der Waals surface area (Å²) in [5, 5.41) is 3.22. The van der Waals surface area contributed by atoms with Gasteiger partial charge in [0.2, 0.25) is 11.8 Å². The fraction of sp³-hybridized carbons (Fsp3) is 0.417. The molecule has 0 aliphatic carbocycles. The second-order valence-corrected chi connectivity index (χ2v) is 8.08. The van der Waals surface area contributed by atoms with Crippen LogP contribution in [-0.2, 0) is 16.0 Å². The first-order valence-corrected chi connectivity index (χ1v) is 10.3. The lowest BCUT2D eigenvalue weighted by Crippen LogP contribution is -2.47. The summed E-state index contributed by atoms with van der Waals surface area (Å²) in [4.78, 5) is 29.7. The molecule has 2 aromatic carbocycles. The number of nitrogens with one attached hydrogen (secondary N) is 1. The Morgan fingerprint density at radius 2 is 1.72 bits per heavy atom. The zero-order valence-corrected chi connectivity index (χ0v) is 17.4. The molecule has 2 atom stereocenters. The van der Waals surface area contributed by atoms with E-state index in [1.165, 1.54) is 0 Å². The minimum atomic E-state index is -0.156. The van der Waals surface area contributed by atoms with Gasteiger partial charge in [-0.3, -0.25) is 9.59 Å². The minimum absolute atomic E-state index is 0.0397. The second-order valence-electron chi connectivity index (χ2n) is 8.08. The van der Waals surface area contributed by atoms with Crippen molar-refractivity contribution < 1.29 is 9.59 Å². The summed E-state index contributed by atoms with van der Waals surface area (Å²) in [6, 6.07) is 19.8. The normalized spacial score (nSPS) is 17.8. The van der Waals surface area contributed by atoms with E-state index in [9.17, 15) is 9.59 Å². The van der Waals surface area contributed by atoms with E-state index < -0.39 is 0 Å². The van der Waals surface area contributed by atoms with Gasteiger partial charge < -0.3 is 15.1 Å². The molecule has 2 aromatic rings. The van der Waals surface area contributed by atoms with Crippen LogP contribution in [-0.4, -0.2) is 55.3 Å². The van der Waals surface area contributed by atoms with Crippen LogP contribution in [0.15, 0.2) is 60.7 Å². The van der Waals surface area contributed by atoms with Crippen LogP contribution < -0.4 is 5.32 Å². The summed E-state index contributed by atoms with van der Waals surface area (Å²) in [6.07, 6.45) is 2.08. The smallest absolute Gasteiger partial charge is 0.227 e. The molecular formula is C24H31N3O2. The first-order chi connectivity index (χ1) is 14.0. The van der Waals surface area contributed by atoms with Gasteiger partial charge in [0.05, 0.1) is 18.4 Å². The number of amides is 2. The zero-order valence-electron chi connectivity index (χ0n) is 17.4. The van der Waals surface area contributed by atoms with Crippen molar-refractivity contribution in [3.05, 3.63) is 71.8 Å². The van der Waals surface area contributed by atoms with Crippen molar-refractivity contribution in [1.82, 2.24) is 15.1 Å². The third-order valence-corrected chi connectivity index (χ3v) is 5.41. The Morgan fingerprint density at radius 1 is 1.07 bits per heavy atom. The first kappa shape index (κ1) is 21.1. The Labute approximate surface area is 173 Å². The van der Waals surface area contributed by atoms with Crippen molar-refractivity contribution in [2.24, 2.45) is 5.92 Å². The number of likely N-dealkylation sites (N-methyl/N-ethyl adjacent to an activating group) is 1. The lowest BCUT2D eigenvalue weighted by Gasteiger charge is -2.33. The SMILES string of the molecule is CN(C)CC(NC(=O)C1CCCN(C(=O)Cc2ccccc2)C1)c1ccccc1. The topological polar surface area (TPSA) is 52.7 Å². The number of carbonyl (C=O) groups excluding carboxylic acids is 2. The van der Waals surface area contributed by atoms with Crippen molar-refractivity contribution in [3.63, 3.8) is 0 Å². The lowest BCUT2D eigenvalue weighted by atomic mass is 9.95. The zero-order chi connectivity index (χ0) is 20.6. The third kappa shape index (κ3) is 6.16. The highest BCUT2D eigenvalue weighted by atomic mass is 16.2. The van der Waals surface area contributed by atoms with Gasteiger partial charge >= 0.3 is 0 Å². The Balaban J connectivity index is 1.61. The summed E-state index contributed by atoms with van der Waals surface area (Å²) in [5.41, 5.74) is 2.11. The quantitative estimate of drug-likeness (QED) is 0.787. The molecule has 0 bridgehead atoms. The van der Waals surface area contributed by atoms with E-state index in [-0.39, 0.29) is 23.8 Å². The van der Waals surface area contributed by atoms with Gasteiger partial charge in [-0.25, -0.2) is 0 Å². The highest BCUT2D eigenvalue weighted by Crippen LogP contribution is 2.20. The van der Waals surface area contributed by atoms with Crippen LogP contribution in [0, 0.1) is 5.92 Å². The van der Waals surface area contributed by atoms with E-state index in [2.05, 4.69) is 10.2 Å². The van der Waals surface area contributed by atoms with Crippen LogP contribution in [0.25, 0.3) is 0 Å². The number of hydrogen-bond donors (Lipinski definition) is 1. The molecule has 0 saturated carbocycles.